The molecule has 2 aromatic rings. The largest absolute Gasteiger partial charge is 0.348 e. The van der Waals surface area contributed by atoms with Crippen LogP contribution < -0.4 is 5.32 Å². The molecule has 178 valence electrons. The van der Waals surface area contributed by atoms with Crippen LogP contribution in [0.1, 0.15) is 65.6 Å². The third kappa shape index (κ3) is 5.83. The van der Waals surface area contributed by atoms with Crippen LogP contribution in [0.2, 0.25) is 0 Å². The molecule has 6 nitrogen and oxygen atoms in total. The number of carbonyl (C=O) groups excluding carboxylic acids is 1. The molecule has 2 heterocycles. The van der Waals surface area contributed by atoms with Crippen molar-refractivity contribution in [3.63, 3.8) is 0 Å². The van der Waals surface area contributed by atoms with Crippen molar-refractivity contribution >= 4 is 15.9 Å². The third-order valence-electron chi connectivity index (χ3n) is 6.81. The normalized spacial score (nSPS) is 18.2. The topological polar surface area (TPSA) is 69.7 Å². The average Bonchev–Trinajstić information content (AvgIpc) is 3.16. The van der Waals surface area contributed by atoms with Crippen molar-refractivity contribution in [1.82, 2.24) is 14.5 Å². The molecule has 4 rings (SSSR count). The lowest BCUT2D eigenvalue weighted by atomic mass is 10.1. The second-order valence-corrected chi connectivity index (χ2v) is 11.2. The number of benzene rings is 2. The van der Waals surface area contributed by atoms with Gasteiger partial charge in [0.05, 0.1) is 4.90 Å². The Morgan fingerprint density at radius 3 is 2.21 bits per heavy atom. The third-order valence-corrected chi connectivity index (χ3v) is 8.70. The van der Waals surface area contributed by atoms with Crippen LogP contribution in [-0.4, -0.2) is 49.7 Å². The Bertz CT molecular complexity index is 1070. The Hall–Kier alpha value is -2.22. The first-order chi connectivity index (χ1) is 15.9. The van der Waals surface area contributed by atoms with Gasteiger partial charge in [0.2, 0.25) is 10.0 Å². The lowest BCUT2D eigenvalue weighted by Gasteiger charge is -2.21. The van der Waals surface area contributed by atoms with Gasteiger partial charge in [-0.05, 0) is 74.5 Å². The molecule has 0 bridgehead atoms. The minimum Gasteiger partial charge on any atom is -0.348 e. The van der Waals surface area contributed by atoms with Gasteiger partial charge in [-0.2, -0.15) is 4.31 Å². The lowest BCUT2D eigenvalue weighted by molar-refractivity contribution is 0.0950. The summed E-state index contributed by atoms with van der Waals surface area (Å²) in [6.07, 6.45) is 6.38. The van der Waals surface area contributed by atoms with Gasteiger partial charge in [-0.3, -0.25) is 9.69 Å². The number of nitrogens with one attached hydrogen (secondary N) is 1. The van der Waals surface area contributed by atoms with E-state index in [-0.39, 0.29) is 10.8 Å². The molecule has 0 radical (unpaired) electrons. The maximum atomic E-state index is 13.2. The second-order valence-electron chi connectivity index (χ2n) is 9.23. The fourth-order valence-electron chi connectivity index (χ4n) is 4.77. The molecule has 33 heavy (non-hydrogen) atoms. The van der Waals surface area contributed by atoms with Crippen LogP contribution in [0.25, 0.3) is 0 Å². The minimum atomic E-state index is -3.60. The summed E-state index contributed by atoms with van der Waals surface area (Å²) in [6, 6.07) is 13.1. The predicted molar refractivity (Wildman–Crippen MR) is 131 cm³/mol. The molecule has 2 fully saturated rings. The van der Waals surface area contributed by atoms with E-state index in [1.165, 1.54) is 18.4 Å². The number of rotatable bonds is 7. The molecule has 0 spiro atoms. The molecule has 2 aliphatic heterocycles. The lowest BCUT2D eigenvalue weighted by Crippen LogP contribution is -2.32. The van der Waals surface area contributed by atoms with E-state index in [4.69, 9.17) is 0 Å². The van der Waals surface area contributed by atoms with E-state index in [0.29, 0.717) is 25.2 Å². The van der Waals surface area contributed by atoms with E-state index < -0.39 is 10.0 Å². The van der Waals surface area contributed by atoms with Crippen molar-refractivity contribution in [3.05, 3.63) is 64.7 Å². The number of hydrogen-bond donors (Lipinski definition) is 1. The number of nitrogens with zero attached hydrogens (tertiary/aromatic N) is 2. The number of sulfonamides is 1. The molecule has 1 N–H and O–H groups in total. The maximum absolute atomic E-state index is 13.2. The van der Waals surface area contributed by atoms with Gasteiger partial charge in [0.15, 0.2) is 0 Å². The molecule has 7 heteroatoms. The molecule has 2 aliphatic rings. The molecule has 1 amide bonds. The Morgan fingerprint density at radius 1 is 0.879 bits per heavy atom. The van der Waals surface area contributed by atoms with Crippen LogP contribution in [-0.2, 0) is 23.1 Å². The number of amides is 1. The van der Waals surface area contributed by atoms with E-state index >= 15 is 0 Å². The molecule has 0 saturated carbocycles. The highest BCUT2D eigenvalue weighted by Gasteiger charge is 2.26. The van der Waals surface area contributed by atoms with Crippen molar-refractivity contribution in [1.29, 1.82) is 0 Å². The van der Waals surface area contributed by atoms with Gasteiger partial charge in [0.1, 0.15) is 0 Å². The van der Waals surface area contributed by atoms with Crippen molar-refractivity contribution in [3.8, 4) is 0 Å². The van der Waals surface area contributed by atoms with Gasteiger partial charge in [-0.25, -0.2) is 8.42 Å². The highest BCUT2D eigenvalue weighted by molar-refractivity contribution is 7.89. The van der Waals surface area contributed by atoms with Crippen LogP contribution in [0.5, 0.6) is 0 Å². The first kappa shape index (κ1) is 23.9. The van der Waals surface area contributed by atoms with E-state index in [1.54, 1.807) is 22.5 Å². The summed E-state index contributed by atoms with van der Waals surface area (Å²) in [5, 5.41) is 3.02. The SMILES string of the molecule is Cc1ccc(S(=O)(=O)N2CCCCCC2)cc1C(=O)NCc1ccccc1CN1CCCC1. The van der Waals surface area contributed by atoms with E-state index in [9.17, 15) is 13.2 Å². The van der Waals surface area contributed by atoms with Crippen molar-refractivity contribution < 1.29 is 13.2 Å². The number of hydrogen-bond acceptors (Lipinski definition) is 4. The van der Waals surface area contributed by atoms with Crippen molar-refractivity contribution in [2.24, 2.45) is 0 Å². The fourth-order valence-corrected chi connectivity index (χ4v) is 6.32. The molecule has 0 unspecified atom stereocenters. The summed E-state index contributed by atoms with van der Waals surface area (Å²) in [6.45, 7) is 6.51. The quantitative estimate of drug-likeness (QED) is 0.663. The zero-order valence-corrected chi connectivity index (χ0v) is 20.4. The summed E-state index contributed by atoms with van der Waals surface area (Å²) in [7, 11) is -3.60. The Labute approximate surface area is 198 Å². The molecule has 0 aromatic heterocycles. The highest BCUT2D eigenvalue weighted by atomic mass is 32.2. The predicted octanol–water partition coefficient (Wildman–Crippen LogP) is 4.09. The van der Waals surface area contributed by atoms with Gasteiger partial charge < -0.3 is 5.32 Å². The van der Waals surface area contributed by atoms with Crippen molar-refractivity contribution in [2.75, 3.05) is 26.2 Å². The standard InChI is InChI=1S/C26H35N3O3S/c1-21-12-13-24(33(31,32)29-16-6-2-3-7-17-29)18-25(21)26(30)27-19-22-10-4-5-11-23(22)20-28-14-8-9-15-28/h4-5,10-13,18H,2-3,6-9,14-17,19-20H2,1H3,(H,27,30). The van der Waals surface area contributed by atoms with Gasteiger partial charge >= 0.3 is 0 Å². The minimum absolute atomic E-state index is 0.203. The first-order valence-electron chi connectivity index (χ1n) is 12.1. The Morgan fingerprint density at radius 2 is 1.52 bits per heavy atom. The van der Waals surface area contributed by atoms with E-state index in [1.807, 2.05) is 19.1 Å². The van der Waals surface area contributed by atoms with E-state index in [2.05, 4.69) is 22.3 Å². The van der Waals surface area contributed by atoms with Gasteiger partial charge in [0, 0.05) is 31.7 Å². The highest BCUT2D eigenvalue weighted by Crippen LogP contribution is 2.23. The first-order valence-corrected chi connectivity index (χ1v) is 13.6. The van der Waals surface area contributed by atoms with Crippen LogP contribution >= 0.6 is 0 Å². The number of likely N-dealkylation sites (tertiary alicyclic amines) is 1. The van der Waals surface area contributed by atoms with Crippen molar-refractivity contribution in [2.45, 2.75) is 63.4 Å². The molecular formula is C26H35N3O3S. The summed E-state index contributed by atoms with van der Waals surface area (Å²) < 4.78 is 28.0. The number of aryl methyl sites for hydroxylation is 1. The van der Waals surface area contributed by atoms with Gasteiger partial charge in [0.25, 0.3) is 5.91 Å². The van der Waals surface area contributed by atoms with Crippen LogP contribution in [0, 0.1) is 6.92 Å². The molecule has 2 saturated heterocycles. The average molecular weight is 470 g/mol. The number of carbonyl (C=O) groups is 1. The maximum Gasteiger partial charge on any atom is 0.251 e. The molecular weight excluding hydrogens is 434 g/mol. The van der Waals surface area contributed by atoms with E-state index in [0.717, 1.165) is 56.4 Å². The monoisotopic (exact) mass is 469 g/mol. The van der Waals surface area contributed by atoms with Gasteiger partial charge in [-0.15, -0.1) is 0 Å². The molecule has 2 aromatic carbocycles. The zero-order valence-electron chi connectivity index (χ0n) is 19.6. The summed E-state index contributed by atoms with van der Waals surface area (Å²) in [4.78, 5) is 15.7. The summed E-state index contributed by atoms with van der Waals surface area (Å²) in [5.41, 5.74) is 3.52. The van der Waals surface area contributed by atoms with Crippen LogP contribution in [0.15, 0.2) is 47.4 Å². The Kier molecular flexibility index (Phi) is 7.83. The Balaban J connectivity index is 1.48. The summed E-state index contributed by atoms with van der Waals surface area (Å²) >= 11 is 0. The smallest absolute Gasteiger partial charge is 0.251 e. The fraction of sp³-hybridized carbons (Fsp3) is 0.500. The van der Waals surface area contributed by atoms with Crippen LogP contribution in [0.3, 0.4) is 0 Å². The second kappa shape index (κ2) is 10.8. The zero-order chi connectivity index (χ0) is 23.3. The summed E-state index contributed by atoms with van der Waals surface area (Å²) in [5.74, 6) is -0.239. The molecule has 0 atom stereocenters. The van der Waals surface area contributed by atoms with Gasteiger partial charge in [-0.1, -0.05) is 43.2 Å². The van der Waals surface area contributed by atoms with Crippen LogP contribution in [0.4, 0.5) is 0 Å². The molecule has 0 aliphatic carbocycles.